The first kappa shape index (κ1) is 25.6. The van der Waals surface area contributed by atoms with E-state index in [2.05, 4.69) is 30.1 Å². The van der Waals surface area contributed by atoms with Gasteiger partial charge in [0.2, 0.25) is 5.75 Å². The molecule has 2 aromatic carbocycles. The second-order valence-electron chi connectivity index (χ2n) is 9.25. The van der Waals surface area contributed by atoms with E-state index in [1.165, 1.54) is 12.8 Å². The Bertz CT molecular complexity index is 1190. The smallest absolute Gasteiger partial charge is 0.255 e. The second kappa shape index (κ2) is 11.5. The average Bonchev–Trinajstić information content (AvgIpc) is 2.86. The maximum absolute atomic E-state index is 13.2. The summed E-state index contributed by atoms with van der Waals surface area (Å²) in [5.74, 6) is 3.07. The van der Waals surface area contributed by atoms with E-state index in [1.54, 1.807) is 12.1 Å². The van der Waals surface area contributed by atoms with Crippen LogP contribution in [0.1, 0.15) is 56.5 Å². The lowest BCUT2D eigenvalue weighted by Gasteiger charge is -2.31. The molecule has 0 unspecified atom stereocenters. The van der Waals surface area contributed by atoms with Gasteiger partial charge in [0.1, 0.15) is 5.82 Å². The van der Waals surface area contributed by atoms with Gasteiger partial charge in [0, 0.05) is 29.7 Å². The predicted molar refractivity (Wildman–Crippen MR) is 145 cm³/mol. The Balaban J connectivity index is 1.59. The number of aromatic nitrogens is 1. The van der Waals surface area contributed by atoms with E-state index in [1.807, 2.05) is 39.0 Å². The van der Waals surface area contributed by atoms with Gasteiger partial charge in [-0.05, 0) is 88.4 Å². The zero-order chi connectivity index (χ0) is 25.7. The summed E-state index contributed by atoms with van der Waals surface area (Å²) in [5, 5.41) is 4.05. The largest absolute Gasteiger partial charge is 0.490 e. The molecular formula is C29H37N3O4. The Hall–Kier alpha value is -3.48. The third kappa shape index (κ3) is 5.66. The van der Waals surface area contributed by atoms with Crippen molar-refractivity contribution in [2.75, 3.05) is 43.1 Å². The van der Waals surface area contributed by atoms with Gasteiger partial charge in [-0.15, -0.1) is 0 Å². The molecule has 3 aromatic rings. The number of nitrogens with one attached hydrogen (secondary N) is 1. The van der Waals surface area contributed by atoms with Crippen LogP contribution in [0.2, 0.25) is 0 Å². The summed E-state index contributed by atoms with van der Waals surface area (Å²) in [5.41, 5.74) is 3.22. The minimum atomic E-state index is -0.246. The van der Waals surface area contributed by atoms with Gasteiger partial charge in [0.05, 0.1) is 25.3 Å². The SMILES string of the molecule is CCOc1cc(C(=O)Nc2ccc3nc(N4CCC(C)CC4)cc(C)c3c2)cc(OCC)c1OCC. The number of carbonyl (C=O) groups excluding carboxylic acids is 1. The van der Waals surface area contributed by atoms with E-state index in [0.29, 0.717) is 48.3 Å². The molecule has 1 amide bonds. The number of fused-ring (bicyclic) bond motifs is 1. The minimum absolute atomic E-state index is 0.246. The van der Waals surface area contributed by atoms with Crippen molar-refractivity contribution in [1.29, 1.82) is 0 Å². The number of piperidine rings is 1. The van der Waals surface area contributed by atoms with Crippen LogP contribution < -0.4 is 24.4 Å². The molecule has 0 saturated carbocycles. The molecule has 0 aliphatic carbocycles. The minimum Gasteiger partial charge on any atom is -0.490 e. The van der Waals surface area contributed by atoms with Crippen LogP contribution in [-0.4, -0.2) is 43.8 Å². The summed E-state index contributed by atoms with van der Waals surface area (Å²) in [6, 6.07) is 11.4. The van der Waals surface area contributed by atoms with Gasteiger partial charge in [-0.25, -0.2) is 4.98 Å². The van der Waals surface area contributed by atoms with Gasteiger partial charge < -0.3 is 24.4 Å². The van der Waals surface area contributed by atoms with Crippen LogP contribution in [0.15, 0.2) is 36.4 Å². The highest BCUT2D eigenvalue weighted by Gasteiger charge is 2.20. The van der Waals surface area contributed by atoms with E-state index in [4.69, 9.17) is 19.2 Å². The van der Waals surface area contributed by atoms with Crippen molar-refractivity contribution in [3.63, 3.8) is 0 Å². The maximum Gasteiger partial charge on any atom is 0.255 e. The summed E-state index contributed by atoms with van der Waals surface area (Å²) >= 11 is 0. The molecule has 0 bridgehead atoms. The van der Waals surface area contributed by atoms with Crippen molar-refractivity contribution in [1.82, 2.24) is 4.98 Å². The summed E-state index contributed by atoms with van der Waals surface area (Å²) in [7, 11) is 0. The van der Waals surface area contributed by atoms with Crippen LogP contribution in [0, 0.1) is 12.8 Å². The van der Waals surface area contributed by atoms with E-state index >= 15 is 0 Å². The molecule has 192 valence electrons. The lowest BCUT2D eigenvalue weighted by Crippen LogP contribution is -2.33. The number of nitrogens with zero attached hydrogens (tertiary/aromatic N) is 2. The summed E-state index contributed by atoms with van der Waals surface area (Å²) in [6.45, 7) is 13.6. The fourth-order valence-corrected chi connectivity index (χ4v) is 4.58. The number of aryl methyl sites for hydroxylation is 1. The van der Waals surface area contributed by atoms with Crippen molar-refractivity contribution in [2.24, 2.45) is 5.92 Å². The average molecular weight is 492 g/mol. The van der Waals surface area contributed by atoms with Gasteiger partial charge in [0.15, 0.2) is 11.5 Å². The van der Waals surface area contributed by atoms with Crippen LogP contribution >= 0.6 is 0 Å². The molecule has 1 saturated heterocycles. The first-order valence-electron chi connectivity index (χ1n) is 13.0. The Kier molecular flexibility index (Phi) is 8.18. The van der Waals surface area contributed by atoms with Gasteiger partial charge in [-0.3, -0.25) is 4.79 Å². The molecule has 1 N–H and O–H groups in total. The summed E-state index contributed by atoms with van der Waals surface area (Å²) in [4.78, 5) is 20.5. The highest BCUT2D eigenvalue weighted by atomic mass is 16.5. The van der Waals surface area contributed by atoms with E-state index < -0.39 is 0 Å². The van der Waals surface area contributed by atoms with Crippen LogP contribution in [0.4, 0.5) is 11.5 Å². The monoisotopic (exact) mass is 491 g/mol. The number of anilines is 2. The number of carbonyl (C=O) groups is 1. The molecule has 0 radical (unpaired) electrons. The summed E-state index contributed by atoms with van der Waals surface area (Å²) in [6.07, 6.45) is 2.40. The predicted octanol–water partition coefficient (Wildman–Crippen LogP) is 6.23. The van der Waals surface area contributed by atoms with E-state index in [9.17, 15) is 4.79 Å². The molecule has 1 aliphatic rings. The molecule has 1 aliphatic heterocycles. The van der Waals surface area contributed by atoms with E-state index in [-0.39, 0.29) is 5.91 Å². The van der Waals surface area contributed by atoms with Crippen molar-refractivity contribution in [3.8, 4) is 17.2 Å². The van der Waals surface area contributed by atoms with E-state index in [0.717, 1.165) is 41.3 Å². The molecule has 4 rings (SSSR count). The Morgan fingerprint density at radius 3 is 2.22 bits per heavy atom. The van der Waals surface area contributed by atoms with Crippen molar-refractivity contribution < 1.29 is 19.0 Å². The molecule has 2 heterocycles. The molecule has 0 atom stereocenters. The van der Waals surface area contributed by atoms with Gasteiger partial charge in [-0.2, -0.15) is 0 Å². The first-order valence-corrected chi connectivity index (χ1v) is 13.0. The topological polar surface area (TPSA) is 72.9 Å². The molecule has 0 spiro atoms. The third-order valence-electron chi connectivity index (χ3n) is 6.54. The fourth-order valence-electron chi connectivity index (χ4n) is 4.58. The zero-order valence-corrected chi connectivity index (χ0v) is 22.0. The Morgan fingerprint density at radius 2 is 1.61 bits per heavy atom. The first-order chi connectivity index (χ1) is 17.4. The number of amides is 1. The Morgan fingerprint density at radius 1 is 0.972 bits per heavy atom. The molecule has 7 nitrogen and oxygen atoms in total. The van der Waals surface area contributed by atoms with Gasteiger partial charge in [0.25, 0.3) is 5.91 Å². The lowest BCUT2D eigenvalue weighted by molar-refractivity contribution is 0.102. The molecule has 36 heavy (non-hydrogen) atoms. The summed E-state index contributed by atoms with van der Waals surface area (Å²) < 4.78 is 17.3. The fraction of sp³-hybridized carbons (Fsp3) is 0.448. The zero-order valence-electron chi connectivity index (χ0n) is 22.0. The Labute approximate surface area is 213 Å². The van der Waals surface area contributed by atoms with Crippen LogP contribution in [-0.2, 0) is 0 Å². The second-order valence-corrected chi connectivity index (χ2v) is 9.25. The van der Waals surface area contributed by atoms with Crippen molar-refractivity contribution >= 4 is 28.3 Å². The maximum atomic E-state index is 13.2. The van der Waals surface area contributed by atoms with Crippen molar-refractivity contribution in [3.05, 3.63) is 47.5 Å². The molecule has 1 aromatic heterocycles. The number of ether oxygens (including phenoxy) is 3. The van der Waals surface area contributed by atoms with Gasteiger partial charge >= 0.3 is 0 Å². The normalized spacial score (nSPS) is 14.1. The lowest BCUT2D eigenvalue weighted by atomic mass is 9.99. The molecule has 7 heteroatoms. The number of hydrogen-bond donors (Lipinski definition) is 1. The number of rotatable bonds is 9. The van der Waals surface area contributed by atoms with Gasteiger partial charge in [-0.1, -0.05) is 6.92 Å². The van der Waals surface area contributed by atoms with Crippen LogP contribution in [0.5, 0.6) is 17.2 Å². The van der Waals surface area contributed by atoms with Crippen molar-refractivity contribution in [2.45, 2.75) is 47.5 Å². The number of hydrogen-bond acceptors (Lipinski definition) is 6. The molecular weight excluding hydrogens is 454 g/mol. The van der Waals surface area contributed by atoms with Crippen LogP contribution in [0.3, 0.4) is 0 Å². The highest BCUT2D eigenvalue weighted by Crippen LogP contribution is 2.39. The number of pyridine rings is 1. The quantitative estimate of drug-likeness (QED) is 0.383. The standard InChI is InChI=1S/C29H37N3O4/c1-6-34-25-16-21(17-26(35-7-2)28(25)36-8-3)29(33)30-22-9-10-24-23(18-22)20(5)15-27(31-24)32-13-11-19(4)12-14-32/h9-10,15-19H,6-8,11-14H2,1-5H3,(H,30,33). The third-order valence-corrected chi connectivity index (χ3v) is 6.54. The molecule has 1 fully saturated rings. The highest BCUT2D eigenvalue weighted by molar-refractivity contribution is 6.06. The number of benzene rings is 2. The van der Waals surface area contributed by atoms with Crippen LogP contribution in [0.25, 0.3) is 10.9 Å².